The maximum absolute atomic E-state index is 11.4. The Kier molecular flexibility index (Phi) is 7.27. The van der Waals surface area contributed by atoms with E-state index in [0.29, 0.717) is 18.1 Å². The van der Waals surface area contributed by atoms with E-state index in [9.17, 15) is 4.79 Å². The Morgan fingerprint density at radius 1 is 1.32 bits per heavy atom. The molecule has 1 fully saturated rings. The summed E-state index contributed by atoms with van der Waals surface area (Å²) >= 11 is 5.15. The lowest BCUT2D eigenvalue weighted by atomic mass is 10.1. The molecule has 1 unspecified atom stereocenters. The lowest BCUT2D eigenvalue weighted by Gasteiger charge is -2.38. The maximum Gasteiger partial charge on any atom is 0.320 e. The van der Waals surface area contributed by atoms with Gasteiger partial charge in [0.2, 0.25) is 0 Å². The number of esters is 1. The molecule has 0 aromatic heterocycles. The first-order chi connectivity index (χ1) is 9.08. The number of carbonyl (C=O) groups is 1. The van der Waals surface area contributed by atoms with Crippen LogP contribution in [0.1, 0.15) is 26.7 Å². The molecule has 0 spiro atoms. The average Bonchev–Trinajstić information content (AvgIpc) is 2.37. The normalized spacial score (nSPS) is 19.1. The molecule has 0 bridgehead atoms. The summed E-state index contributed by atoms with van der Waals surface area (Å²) in [4.78, 5) is 16.5. The zero-order valence-electron chi connectivity index (χ0n) is 11.9. The predicted octanol–water partition coefficient (Wildman–Crippen LogP) is 0.622. The Hall–Kier alpha value is -0.720. The number of thiocarbonyl (C=S) groups is 1. The zero-order chi connectivity index (χ0) is 14.3. The van der Waals surface area contributed by atoms with Crippen LogP contribution in [-0.4, -0.2) is 66.1 Å². The second-order valence-corrected chi connectivity index (χ2v) is 5.30. The SMILES string of the molecule is CCCC(C(N)=S)N1CCN(CC(=O)OCC)CC1. The van der Waals surface area contributed by atoms with Gasteiger partial charge in [-0.05, 0) is 13.3 Å². The summed E-state index contributed by atoms with van der Waals surface area (Å²) in [7, 11) is 0. The number of carbonyl (C=O) groups excluding carboxylic acids is 1. The molecular weight excluding hydrogens is 262 g/mol. The average molecular weight is 287 g/mol. The lowest BCUT2D eigenvalue weighted by Crippen LogP contribution is -2.54. The summed E-state index contributed by atoms with van der Waals surface area (Å²) in [5.41, 5.74) is 5.81. The monoisotopic (exact) mass is 287 g/mol. The van der Waals surface area contributed by atoms with E-state index in [-0.39, 0.29) is 12.0 Å². The van der Waals surface area contributed by atoms with Crippen LogP contribution < -0.4 is 5.73 Å². The fraction of sp³-hybridized carbons (Fsp3) is 0.846. The van der Waals surface area contributed by atoms with Crippen molar-refractivity contribution in [2.45, 2.75) is 32.7 Å². The third-order valence-corrected chi connectivity index (χ3v) is 3.67. The van der Waals surface area contributed by atoms with Gasteiger partial charge in [-0.1, -0.05) is 25.6 Å². The molecule has 5 nitrogen and oxygen atoms in total. The van der Waals surface area contributed by atoms with E-state index in [4.69, 9.17) is 22.7 Å². The van der Waals surface area contributed by atoms with Crippen LogP contribution in [0.3, 0.4) is 0 Å². The molecule has 1 aliphatic rings. The number of nitrogens with zero attached hydrogens (tertiary/aromatic N) is 2. The summed E-state index contributed by atoms with van der Waals surface area (Å²) in [5.74, 6) is -0.143. The van der Waals surface area contributed by atoms with E-state index in [1.54, 1.807) is 0 Å². The van der Waals surface area contributed by atoms with Gasteiger partial charge in [-0.15, -0.1) is 0 Å². The fourth-order valence-electron chi connectivity index (χ4n) is 2.40. The molecule has 1 rings (SSSR count). The number of hydrogen-bond donors (Lipinski definition) is 1. The summed E-state index contributed by atoms with van der Waals surface area (Å²) in [6.07, 6.45) is 2.08. The van der Waals surface area contributed by atoms with Gasteiger partial charge in [-0.3, -0.25) is 14.6 Å². The standard InChI is InChI=1S/C13H25N3O2S/c1-3-5-11(13(14)19)16-8-6-15(7-9-16)10-12(17)18-4-2/h11H,3-10H2,1-2H3,(H2,14,19). The first-order valence-corrected chi connectivity index (χ1v) is 7.40. The van der Waals surface area contributed by atoms with Gasteiger partial charge in [0.05, 0.1) is 24.2 Å². The van der Waals surface area contributed by atoms with Crippen molar-refractivity contribution in [3.8, 4) is 0 Å². The van der Waals surface area contributed by atoms with Crippen molar-refractivity contribution in [2.24, 2.45) is 5.73 Å². The fourth-order valence-corrected chi connectivity index (χ4v) is 2.67. The number of piperazine rings is 1. The van der Waals surface area contributed by atoms with Crippen molar-refractivity contribution in [3.63, 3.8) is 0 Å². The summed E-state index contributed by atoms with van der Waals surface area (Å²) in [6.45, 7) is 8.33. The van der Waals surface area contributed by atoms with Crippen molar-refractivity contribution in [1.82, 2.24) is 9.80 Å². The van der Waals surface area contributed by atoms with Crippen molar-refractivity contribution >= 4 is 23.2 Å². The van der Waals surface area contributed by atoms with Crippen molar-refractivity contribution in [3.05, 3.63) is 0 Å². The Bertz CT molecular complexity index is 304. The van der Waals surface area contributed by atoms with Gasteiger partial charge in [-0.2, -0.15) is 0 Å². The largest absolute Gasteiger partial charge is 0.465 e. The van der Waals surface area contributed by atoms with Crippen molar-refractivity contribution in [1.29, 1.82) is 0 Å². The zero-order valence-corrected chi connectivity index (χ0v) is 12.7. The Morgan fingerprint density at radius 2 is 1.95 bits per heavy atom. The summed E-state index contributed by atoms with van der Waals surface area (Å²) < 4.78 is 4.96. The molecule has 1 atom stereocenters. The highest BCUT2D eigenvalue weighted by atomic mass is 32.1. The molecule has 0 amide bonds. The molecule has 1 heterocycles. The van der Waals surface area contributed by atoms with E-state index in [2.05, 4.69) is 16.7 Å². The maximum atomic E-state index is 11.4. The van der Waals surface area contributed by atoms with Crippen molar-refractivity contribution < 1.29 is 9.53 Å². The van der Waals surface area contributed by atoms with Crippen LogP contribution in [0.2, 0.25) is 0 Å². The van der Waals surface area contributed by atoms with Crippen LogP contribution in [0.25, 0.3) is 0 Å². The van der Waals surface area contributed by atoms with E-state index in [0.717, 1.165) is 39.0 Å². The van der Waals surface area contributed by atoms with Gasteiger partial charge in [-0.25, -0.2) is 0 Å². The molecule has 19 heavy (non-hydrogen) atoms. The topological polar surface area (TPSA) is 58.8 Å². The van der Waals surface area contributed by atoms with Crippen LogP contribution in [0, 0.1) is 0 Å². The van der Waals surface area contributed by atoms with Crippen LogP contribution >= 0.6 is 12.2 Å². The first-order valence-electron chi connectivity index (χ1n) is 6.99. The number of rotatable bonds is 7. The quantitative estimate of drug-likeness (QED) is 0.547. The first kappa shape index (κ1) is 16.3. The minimum atomic E-state index is -0.143. The molecular formula is C13H25N3O2S. The molecule has 0 radical (unpaired) electrons. The van der Waals surface area contributed by atoms with Gasteiger partial charge >= 0.3 is 5.97 Å². The summed E-state index contributed by atoms with van der Waals surface area (Å²) in [5, 5.41) is 0. The minimum Gasteiger partial charge on any atom is -0.465 e. The molecule has 110 valence electrons. The van der Waals surface area contributed by atoms with E-state index in [1.807, 2.05) is 6.92 Å². The van der Waals surface area contributed by atoms with Crippen LogP contribution in [-0.2, 0) is 9.53 Å². The lowest BCUT2D eigenvalue weighted by molar-refractivity contribution is -0.144. The highest BCUT2D eigenvalue weighted by molar-refractivity contribution is 7.80. The van der Waals surface area contributed by atoms with Crippen molar-refractivity contribution in [2.75, 3.05) is 39.3 Å². The highest BCUT2D eigenvalue weighted by Gasteiger charge is 2.25. The summed E-state index contributed by atoms with van der Waals surface area (Å²) in [6, 6.07) is 0.199. The third-order valence-electron chi connectivity index (χ3n) is 3.40. The van der Waals surface area contributed by atoms with E-state index >= 15 is 0 Å². The number of nitrogens with two attached hydrogens (primary N) is 1. The van der Waals surface area contributed by atoms with Crippen LogP contribution in [0.5, 0.6) is 0 Å². The molecule has 0 aliphatic carbocycles. The Balaban J connectivity index is 2.39. The van der Waals surface area contributed by atoms with Crippen LogP contribution in [0.15, 0.2) is 0 Å². The molecule has 2 N–H and O–H groups in total. The highest BCUT2D eigenvalue weighted by Crippen LogP contribution is 2.11. The number of hydrogen-bond acceptors (Lipinski definition) is 5. The minimum absolute atomic E-state index is 0.143. The molecule has 1 saturated heterocycles. The Morgan fingerprint density at radius 3 is 2.42 bits per heavy atom. The van der Waals surface area contributed by atoms with Gasteiger partial charge in [0.25, 0.3) is 0 Å². The smallest absolute Gasteiger partial charge is 0.320 e. The van der Waals surface area contributed by atoms with Gasteiger partial charge in [0, 0.05) is 26.2 Å². The molecule has 6 heteroatoms. The van der Waals surface area contributed by atoms with Crippen LogP contribution in [0.4, 0.5) is 0 Å². The molecule has 0 aromatic rings. The molecule has 0 aromatic carbocycles. The number of ether oxygens (including phenoxy) is 1. The van der Waals surface area contributed by atoms with Gasteiger partial charge in [0.15, 0.2) is 0 Å². The van der Waals surface area contributed by atoms with Gasteiger partial charge in [0.1, 0.15) is 0 Å². The van der Waals surface area contributed by atoms with Gasteiger partial charge < -0.3 is 10.5 Å². The Labute approximate surface area is 121 Å². The second-order valence-electron chi connectivity index (χ2n) is 4.82. The second kappa shape index (κ2) is 8.45. The predicted molar refractivity (Wildman–Crippen MR) is 80.1 cm³/mol. The van der Waals surface area contributed by atoms with E-state index in [1.165, 1.54) is 0 Å². The van der Waals surface area contributed by atoms with E-state index < -0.39 is 0 Å². The third kappa shape index (κ3) is 5.42. The molecule has 1 aliphatic heterocycles. The molecule has 0 saturated carbocycles.